The molecule has 7 heteroatoms. The highest BCUT2D eigenvalue weighted by molar-refractivity contribution is 9.10. The predicted molar refractivity (Wildman–Crippen MR) is 92.7 cm³/mol. The lowest BCUT2D eigenvalue weighted by Gasteiger charge is -2.19. The maximum Gasteiger partial charge on any atom is 0.174 e. The third-order valence-corrected chi connectivity index (χ3v) is 4.71. The molecule has 1 aromatic carbocycles. The molecule has 1 aliphatic carbocycles. The number of aromatic nitrogens is 1. The molecule has 25 heavy (non-hydrogen) atoms. The Bertz CT molecular complexity index is 855. The summed E-state index contributed by atoms with van der Waals surface area (Å²) in [5.74, 6) is -2.30. The van der Waals surface area contributed by atoms with Gasteiger partial charge in [0.05, 0.1) is 25.5 Å². The van der Waals surface area contributed by atoms with Crippen molar-refractivity contribution in [3.8, 4) is 11.5 Å². The second-order valence-electron chi connectivity index (χ2n) is 5.74. The summed E-state index contributed by atoms with van der Waals surface area (Å²) in [4.78, 5) is 4.31. The van der Waals surface area contributed by atoms with Gasteiger partial charge in [-0.2, -0.15) is 0 Å². The average Bonchev–Trinajstić information content (AvgIpc) is 2.90. The second kappa shape index (κ2) is 6.72. The van der Waals surface area contributed by atoms with Gasteiger partial charge < -0.3 is 14.6 Å². The standard InChI is InChI=1S/C18H16BrF2NO3/c1-8-4-11-10(5-9(19)7-22-11)14(8)18(23)15-16(20)12(24-2)6-13(25-3)17(15)21/h5-7,18,23H,4H2,1-3H3. The van der Waals surface area contributed by atoms with E-state index in [9.17, 15) is 13.9 Å². The number of hydrogen-bond donors (Lipinski definition) is 1. The first kappa shape index (κ1) is 17.8. The number of ether oxygens (including phenoxy) is 2. The molecule has 1 atom stereocenters. The highest BCUT2D eigenvalue weighted by atomic mass is 79.9. The van der Waals surface area contributed by atoms with Crippen LogP contribution in [0.3, 0.4) is 0 Å². The third-order valence-electron chi connectivity index (χ3n) is 4.27. The smallest absolute Gasteiger partial charge is 0.174 e. The molecule has 132 valence electrons. The zero-order valence-corrected chi connectivity index (χ0v) is 15.4. The van der Waals surface area contributed by atoms with E-state index >= 15 is 0 Å². The van der Waals surface area contributed by atoms with Crippen molar-refractivity contribution in [1.29, 1.82) is 0 Å². The Morgan fingerprint density at radius 1 is 1.16 bits per heavy atom. The minimum Gasteiger partial charge on any atom is -0.494 e. The molecule has 4 nitrogen and oxygen atoms in total. The number of aliphatic hydroxyl groups excluding tert-OH is 1. The molecular weight excluding hydrogens is 396 g/mol. The summed E-state index contributed by atoms with van der Waals surface area (Å²) in [5.41, 5.74) is 2.16. The topological polar surface area (TPSA) is 51.6 Å². The first-order valence-corrected chi connectivity index (χ1v) is 8.30. The molecule has 1 aliphatic rings. The minimum absolute atomic E-state index is 0.198. The zero-order chi connectivity index (χ0) is 18.3. The van der Waals surface area contributed by atoms with Crippen molar-refractivity contribution in [1.82, 2.24) is 4.98 Å². The van der Waals surface area contributed by atoms with Gasteiger partial charge in [-0.1, -0.05) is 5.57 Å². The molecule has 0 fully saturated rings. The molecule has 0 saturated heterocycles. The number of nitrogens with zero attached hydrogens (tertiary/aromatic N) is 1. The van der Waals surface area contributed by atoms with Crippen molar-refractivity contribution in [3.05, 3.63) is 56.8 Å². The van der Waals surface area contributed by atoms with Crippen LogP contribution >= 0.6 is 15.9 Å². The summed E-state index contributed by atoms with van der Waals surface area (Å²) in [6.45, 7) is 1.81. The summed E-state index contributed by atoms with van der Waals surface area (Å²) >= 11 is 3.34. The summed E-state index contributed by atoms with van der Waals surface area (Å²) < 4.78 is 40.0. The number of rotatable bonds is 4. The SMILES string of the molecule is COc1cc(OC)c(F)c(C(O)C2=C(C)Cc3ncc(Br)cc32)c1F. The molecule has 0 bridgehead atoms. The van der Waals surface area contributed by atoms with E-state index in [1.165, 1.54) is 14.2 Å². The van der Waals surface area contributed by atoms with Crippen LogP contribution < -0.4 is 9.47 Å². The van der Waals surface area contributed by atoms with Crippen molar-refractivity contribution in [2.45, 2.75) is 19.4 Å². The van der Waals surface area contributed by atoms with E-state index in [0.717, 1.165) is 21.8 Å². The molecular formula is C18H16BrF2NO3. The van der Waals surface area contributed by atoms with E-state index in [4.69, 9.17) is 9.47 Å². The van der Waals surface area contributed by atoms with Gasteiger partial charge in [0.1, 0.15) is 6.10 Å². The van der Waals surface area contributed by atoms with Crippen molar-refractivity contribution >= 4 is 21.5 Å². The number of methoxy groups -OCH3 is 2. The van der Waals surface area contributed by atoms with Crippen LogP contribution in [0, 0.1) is 11.6 Å². The number of hydrogen-bond acceptors (Lipinski definition) is 4. The third kappa shape index (κ3) is 2.91. The Labute approximate surface area is 152 Å². The fourth-order valence-electron chi connectivity index (χ4n) is 3.09. The van der Waals surface area contributed by atoms with Crippen LogP contribution in [0.1, 0.15) is 29.8 Å². The van der Waals surface area contributed by atoms with E-state index in [0.29, 0.717) is 17.6 Å². The Morgan fingerprint density at radius 2 is 1.76 bits per heavy atom. The van der Waals surface area contributed by atoms with Crippen molar-refractivity contribution in [2.75, 3.05) is 14.2 Å². The van der Waals surface area contributed by atoms with E-state index < -0.39 is 23.3 Å². The summed E-state index contributed by atoms with van der Waals surface area (Å²) in [5, 5.41) is 10.8. The molecule has 1 heterocycles. The maximum absolute atomic E-state index is 14.7. The van der Waals surface area contributed by atoms with Crippen molar-refractivity contribution in [3.63, 3.8) is 0 Å². The number of benzene rings is 1. The lowest BCUT2D eigenvalue weighted by atomic mass is 9.94. The van der Waals surface area contributed by atoms with Gasteiger partial charge in [0.2, 0.25) is 0 Å². The maximum atomic E-state index is 14.7. The van der Waals surface area contributed by atoms with Crippen LogP contribution in [0.4, 0.5) is 8.78 Å². The minimum atomic E-state index is -1.51. The Morgan fingerprint density at radius 3 is 2.32 bits per heavy atom. The van der Waals surface area contributed by atoms with Gasteiger partial charge in [0, 0.05) is 28.7 Å². The molecule has 0 radical (unpaired) electrons. The van der Waals surface area contributed by atoms with Gasteiger partial charge in [-0.05, 0) is 34.5 Å². The van der Waals surface area contributed by atoms with Gasteiger partial charge in [0.25, 0.3) is 0 Å². The largest absolute Gasteiger partial charge is 0.494 e. The van der Waals surface area contributed by atoms with Crippen molar-refractivity contribution in [2.24, 2.45) is 0 Å². The van der Waals surface area contributed by atoms with Crippen LogP contribution in [0.15, 0.2) is 28.4 Å². The molecule has 0 aliphatic heterocycles. The van der Waals surface area contributed by atoms with Crippen LogP contribution in [0.2, 0.25) is 0 Å². The second-order valence-corrected chi connectivity index (χ2v) is 6.66. The fourth-order valence-corrected chi connectivity index (χ4v) is 3.42. The zero-order valence-electron chi connectivity index (χ0n) is 13.9. The molecule has 1 unspecified atom stereocenters. The Balaban J connectivity index is 2.19. The van der Waals surface area contributed by atoms with E-state index in [2.05, 4.69) is 20.9 Å². The van der Waals surface area contributed by atoms with Crippen LogP contribution in [0.5, 0.6) is 11.5 Å². The first-order chi connectivity index (χ1) is 11.9. The van der Waals surface area contributed by atoms with Gasteiger partial charge in [-0.3, -0.25) is 4.98 Å². The average molecular weight is 412 g/mol. The lowest BCUT2D eigenvalue weighted by Crippen LogP contribution is -2.10. The number of halogens is 3. The number of aliphatic hydroxyl groups is 1. The fraction of sp³-hybridized carbons (Fsp3) is 0.278. The van der Waals surface area contributed by atoms with Crippen LogP contribution in [-0.4, -0.2) is 24.3 Å². The van der Waals surface area contributed by atoms with Crippen molar-refractivity contribution < 1.29 is 23.4 Å². The van der Waals surface area contributed by atoms with E-state index in [-0.39, 0.29) is 11.5 Å². The quantitative estimate of drug-likeness (QED) is 0.818. The predicted octanol–water partition coefficient (Wildman–Crippen LogP) is 4.20. The van der Waals surface area contributed by atoms with Crippen LogP contribution in [-0.2, 0) is 6.42 Å². The first-order valence-electron chi connectivity index (χ1n) is 7.51. The van der Waals surface area contributed by atoms with E-state index in [1.807, 2.05) is 0 Å². The Kier molecular flexibility index (Phi) is 4.79. The highest BCUT2D eigenvalue weighted by Crippen LogP contribution is 2.44. The molecule has 1 aromatic heterocycles. The molecule has 0 spiro atoms. The van der Waals surface area contributed by atoms with Gasteiger partial charge >= 0.3 is 0 Å². The lowest BCUT2D eigenvalue weighted by molar-refractivity contribution is 0.221. The molecule has 1 N–H and O–H groups in total. The summed E-state index contributed by atoms with van der Waals surface area (Å²) in [7, 11) is 2.53. The van der Waals surface area contributed by atoms with Gasteiger partial charge in [-0.15, -0.1) is 0 Å². The molecule has 2 aromatic rings. The number of fused-ring (bicyclic) bond motifs is 1. The van der Waals surface area contributed by atoms with E-state index in [1.54, 1.807) is 19.2 Å². The normalized spacial score (nSPS) is 14.5. The number of allylic oxidation sites excluding steroid dienone is 1. The molecule has 3 rings (SSSR count). The highest BCUT2D eigenvalue weighted by Gasteiger charge is 2.33. The molecule has 0 saturated carbocycles. The van der Waals surface area contributed by atoms with Gasteiger partial charge in [-0.25, -0.2) is 8.78 Å². The Hall–Kier alpha value is -1.99. The number of pyridine rings is 1. The summed E-state index contributed by atoms with van der Waals surface area (Å²) in [6.07, 6.45) is 0.651. The molecule has 0 amide bonds. The van der Waals surface area contributed by atoms with Crippen LogP contribution in [0.25, 0.3) is 5.57 Å². The monoisotopic (exact) mass is 411 g/mol. The van der Waals surface area contributed by atoms with Gasteiger partial charge in [0.15, 0.2) is 23.1 Å². The summed E-state index contributed by atoms with van der Waals surface area (Å²) in [6, 6.07) is 2.90.